The number of aromatic nitrogens is 1. The summed E-state index contributed by atoms with van der Waals surface area (Å²) in [6, 6.07) is 1.67. The zero-order valence-electron chi connectivity index (χ0n) is 10.8. The summed E-state index contributed by atoms with van der Waals surface area (Å²) in [5.74, 6) is 1.88. The Balaban J connectivity index is 3.13. The largest absolute Gasteiger partial charge is 0.341 e. The highest BCUT2D eigenvalue weighted by molar-refractivity contribution is 5.94. The van der Waals surface area contributed by atoms with Crippen LogP contribution in [0.25, 0.3) is 0 Å². The number of amides is 1. The predicted molar refractivity (Wildman–Crippen MR) is 71.6 cm³/mol. The van der Waals surface area contributed by atoms with Crippen LogP contribution in [0, 0.1) is 12.3 Å². The minimum absolute atomic E-state index is 0.122. The fraction of sp³-hybridized carbons (Fsp3) is 0.429. The first-order chi connectivity index (χ1) is 8.63. The molecule has 0 fully saturated rings. The average Bonchev–Trinajstić information content (AvgIpc) is 2.37. The van der Waals surface area contributed by atoms with E-state index < -0.39 is 5.91 Å². The van der Waals surface area contributed by atoms with Gasteiger partial charge in [0.15, 0.2) is 0 Å². The van der Waals surface area contributed by atoms with Crippen molar-refractivity contribution in [2.45, 2.75) is 33.1 Å². The van der Waals surface area contributed by atoms with Crippen molar-refractivity contribution in [1.29, 1.82) is 0 Å². The number of aromatic amines is 1. The maximum atomic E-state index is 11.8. The number of rotatable bonds is 5. The highest BCUT2D eigenvalue weighted by Crippen LogP contribution is 2.09. The van der Waals surface area contributed by atoms with Crippen LogP contribution in [0.1, 0.15) is 41.9 Å². The Hall–Kier alpha value is -2.02. The molecular formula is C14H18N2O2. The number of pyridine rings is 1. The van der Waals surface area contributed by atoms with Crippen molar-refractivity contribution >= 4 is 5.91 Å². The SMILES string of the molecule is C#CCNC(=O)c1cc(CCC)c(CC)[nH]c1=O. The van der Waals surface area contributed by atoms with Crippen LogP contribution in [-0.4, -0.2) is 17.4 Å². The molecular weight excluding hydrogens is 228 g/mol. The molecule has 2 N–H and O–H groups in total. The minimum Gasteiger partial charge on any atom is -0.341 e. The van der Waals surface area contributed by atoms with Gasteiger partial charge in [0.05, 0.1) is 6.54 Å². The molecule has 0 aromatic carbocycles. The third-order valence-electron chi connectivity index (χ3n) is 2.68. The third kappa shape index (κ3) is 3.24. The Morgan fingerprint density at radius 2 is 2.22 bits per heavy atom. The Morgan fingerprint density at radius 3 is 2.78 bits per heavy atom. The van der Waals surface area contributed by atoms with E-state index in [0.717, 1.165) is 30.5 Å². The second-order valence-electron chi connectivity index (χ2n) is 4.01. The van der Waals surface area contributed by atoms with Crippen LogP contribution in [-0.2, 0) is 12.8 Å². The summed E-state index contributed by atoms with van der Waals surface area (Å²) in [5.41, 5.74) is 1.69. The Kier molecular flexibility index (Phi) is 5.19. The molecule has 4 heteroatoms. The molecule has 0 unspecified atom stereocenters. The number of carbonyl (C=O) groups excluding carboxylic acids is 1. The van der Waals surface area contributed by atoms with Gasteiger partial charge in [0.25, 0.3) is 11.5 Å². The van der Waals surface area contributed by atoms with Crippen molar-refractivity contribution in [3.8, 4) is 12.3 Å². The second-order valence-corrected chi connectivity index (χ2v) is 4.01. The number of hydrogen-bond donors (Lipinski definition) is 2. The van der Waals surface area contributed by atoms with Crippen LogP contribution < -0.4 is 10.9 Å². The Bertz CT molecular complexity index is 524. The van der Waals surface area contributed by atoms with E-state index in [1.54, 1.807) is 6.07 Å². The number of nitrogens with one attached hydrogen (secondary N) is 2. The molecule has 1 aromatic rings. The van der Waals surface area contributed by atoms with Gasteiger partial charge in [-0.3, -0.25) is 9.59 Å². The van der Waals surface area contributed by atoms with Gasteiger partial charge in [-0.1, -0.05) is 26.2 Å². The van der Waals surface area contributed by atoms with Gasteiger partial charge in [-0.05, 0) is 24.5 Å². The first kappa shape index (κ1) is 14.0. The lowest BCUT2D eigenvalue weighted by atomic mass is 10.0. The molecule has 1 amide bonds. The topological polar surface area (TPSA) is 62.0 Å². The van der Waals surface area contributed by atoms with Crippen LogP contribution in [0.2, 0.25) is 0 Å². The zero-order valence-corrected chi connectivity index (χ0v) is 10.8. The molecule has 0 bridgehead atoms. The Morgan fingerprint density at radius 1 is 1.50 bits per heavy atom. The van der Waals surface area contributed by atoms with Gasteiger partial charge in [-0.15, -0.1) is 6.42 Å². The van der Waals surface area contributed by atoms with E-state index in [0.29, 0.717) is 0 Å². The lowest BCUT2D eigenvalue weighted by Crippen LogP contribution is -2.30. The maximum absolute atomic E-state index is 11.8. The summed E-state index contributed by atoms with van der Waals surface area (Å²) in [7, 11) is 0. The van der Waals surface area contributed by atoms with Crippen LogP contribution >= 0.6 is 0 Å². The van der Waals surface area contributed by atoms with Crippen molar-refractivity contribution in [3.63, 3.8) is 0 Å². The van der Waals surface area contributed by atoms with Gasteiger partial charge in [0.2, 0.25) is 0 Å². The van der Waals surface area contributed by atoms with Crippen molar-refractivity contribution in [2.75, 3.05) is 6.54 Å². The zero-order chi connectivity index (χ0) is 13.5. The van der Waals surface area contributed by atoms with Crippen LogP contribution in [0.5, 0.6) is 0 Å². The molecule has 1 aromatic heterocycles. The van der Waals surface area contributed by atoms with Gasteiger partial charge < -0.3 is 10.3 Å². The molecule has 0 spiro atoms. The van der Waals surface area contributed by atoms with E-state index in [9.17, 15) is 9.59 Å². The fourth-order valence-corrected chi connectivity index (χ4v) is 1.81. The fourth-order valence-electron chi connectivity index (χ4n) is 1.81. The first-order valence-electron chi connectivity index (χ1n) is 6.10. The molecule has 0 aliphatic rings. The van der Waals surface area contributed by atoms with Gasteiger partial charge >= 0.3 is 0 Å². The van der Waals surface area contributed by atoms with Crippen molar-refractivity contribution in [2.24, 2.45) is 0 Å². The maximum Gasteiger partial charge on any atom is 0.261 e. The lowest BCUT2D eigenvalue weighted by Gasteiger charge is -2.09. The van der Waals surface area contributed by atoms with Crippen LogP contribution in [0.15, 0.2) is 10.9 Å². The third-order valence-corrected chi connectivity index (χ3v) is 2.68. The van der Waals surface area contributed by atoms with Gasteiger partial charge in [0.1, 0.15) is 5.56 Å². The number of carbonyl (C=O) groups is 1. The molecule has 1 rings (SSSR count). The smallest absolute Gasteiger partial charge is 0.261 e. The summed E-state index contributed by atoms with van der Waals surface area (Å²) in [4.78, 5) is 26.3. The normalized spacial score (nSPS) is 9.83. The van der Waals surface area contributed by atoms with Crippen molar-refractivity contribution in [1.82, 2.24) is 10.3 Å². The van der Waals surface area contributed by atoms with E-state index >= 15 is 0 Å². The number of H-pyrrole nitrogens is 1. The summed E-state index contributed by atoms with van der Waals surface area (Å²) < 4.78 is 0. The molecule has 1 heterocycles. The molecule has 0 aliphatic carbocycles. The summed E-state index contributed by atoms with van der Waals surface area (Å²) in [6.45, 7) is 4.15. The highest BCUT2D eigenvalue weighted by atomic mass is 16.2. The molecule has 0 radical (unpaired) electrons. The highest BCUT2D eigenvalue weighted by Gasteiger charge is 2.13. The van der Waals surface area contributed by atoms with E-state index in [1.807, 2.05) is 6.92 Å². The van der Waals surface area contributed by atoms with Gasteiger partial charge in [-0.25, -0.2) is 0 Å². The molecule has 0 atom stereocenters. The van der Waals surface area contributed by atoms with E-state index in [-0.39, 0.29) is 17.7 Å². The number of terminal acetylenes is 1. The van der Waals surface area contributed by atoms with Crippen LogP contribution in [0.4, 0.5) is 0 Å². The first-order valence-corrected chi connectivity index (χ1v) is 6.10. The van der Waals surface area contributed by atoms with Crippen LogP contribution in [0.3, 0.4) is 0 Å². The summed E-state index contributed by atoms with van der Waals surface area (Å²) in [6.07, 6.45) is 7.62. The lowest BCUT2D eigenvalue weighted by molar-refractivity contribution is 0.0957. The molecule has 18 heavy (non-hydrogen) atoms. The number of hydrogen-bond acceptors (Lipinski definition) is 2. The van der Waals surface area contributed by atoms with Crippen molar-refractivity contribution < 1.29 is 4.79 Å². The van der Waals surface area contributed by atoms with E-state index in [2.05, 4.69) is 23.1 Å². The Labute approximate surface area is 107 Å². The standard InChI is InChI=1S/C14H18N2O2/c1-4-7-10-9-11(13(17)15-8-5-2)14(18)16-12(10)6-3/h2,9H,4,6-8H2,1,3H3,(H,15,17)(H,16,18). The molecule has 0 saturated carbocycles. The molecule has 4 nitrogen and oxygen atoms in total. The molecule has 0 aliphatic heterocycles. The second kappa shape index (κ2) is 6.65. The predicted octanol–water partition coefficient (Wildman–Crippen LogP) is 1.25. The number of aryl methyl sites for hydroxylation is 2. The monoisotopic (exact) mass is 246 g/mol. The van der Waals surface area contributed by atoms with Crippen molar-refractivity contribution in [3.05, 3.63) is 33.2 Å². The van der Waals surface area contributed by atoms with E-state index in [1.165, 1.54) is 0 Å². The van der Waals surface area contributed by atoms with E-state index in [4.69, 9.17) is 6.42 Å². The summed E-state index contributed by atoms with van der Waals surface area (Å²) in [5, 5.41) is 2.50. The molecule has 96 valence electrons. The van der Waals surface area contributed by atoms with Gasteiger partial charge in [-0.2, -0.15) is 0 Å². The average molecular weight is 246 g/mol. The summed E-state index contributed by atoms with van der Waals surface area (Å²) >= 11 is 0. The minimum atomic E-state index is -0.422. The molecule has 0 saturated heterocycles. The van der Waals surface area contributed by atoms with Gasteiger partial charge in [0, 0.05) is 5.69 Å². The quantitative estimate of drug-likeness (QED) is 0.768.